The van der Waals surface area contributed by atoms with Crippen LogP contribution in [0.2, 0.25) is 0 Å². The van der Waals surface area contributed by atoms with E-state index in [9.17, 15) is 4.79 Å². The zero-order valence-electron chi connectivity index (χ0n) is 12.2. The van der Waals surface area contributed by atoms with Crippen LogP contribution in [0.25, 0.3) is 11.0 Å². The third-order valence-corrected chi connectivity index (χ3v) is 5.14. The van der Waals surface area contributed by atoms with Crippen LogP contribution >= 0.6 is 11.8 Å². The summed E-state index contributed by atoms with van der Waals surface area (Å²) < 4.78 is 2.20. The normalized spacial score (nSPS) is 15.3. The number of fused-ring (bicyclic) bond motifs is 1. The molecule has 1 fully saturated rings. The lowest BCUT2D eigenvalue weighted by Crippen LogP contribution is -2.14. The molecule has 1 saturated carbocycles. The van der Waals surface area contributed by atoms with Crippen molar-refractivity contribution in [2.45, 2.75) is 44.3 Å². The maximum atomic E-state index is 10.8. The fourth-order valence-corrected chi connectivity index (χ4v) is 3.52. The van der Waals surface area contributed by atoms with Gasteiger partial charge in [-0.15, -0.1) is 0 Å². The Labute approximate surface area is 128 Å². The Balaban J connectivity index is 1.88. The van der Waals surface area contributed by atoms with Crippen LogP contribution < -0.4 is 0 Å². The Bertz CT molecular complexity index is 662. The van der Waals surface area contributed by atoms with Crippen LogP contribution in [0.5, 0.6) is 0 Å². The van der Waals surface area contributed by atoms with E-state index in [1.54, 1.807) is 0 Å². The molecule has 1 aliphatic carbocycles. The van der Waals surface area contributed by atoms with E-state index in [4.69, 9.17) is 5.11 Å². The highest BCUT2D eigenvalue weighted by atomic mass is 32.2. The first kappa shape index (κ1) is 14.4. The van der Waals surface area contributed by atoms with Crippen molar-refractivity contribution in [3.8, 4) is 0 Å². The number of benzene rings is 1. The standard InChI is InChI=1S/C16H20N2O2S/c1-11-5-6-13-14(9-11)18(8-7-12-3-2-4-12)16(17-13)21-10-15(19)20/h5-6,9,12H,2-4,7-8,10H2,1H3,(H,19,20). The number of aryl methyl sites for hydroxylation is 2. The molecule has 112 valence electrons. The van der Waals surface area contributed by atoms with E-state index >= 15 is 0 Å². The minimum absolute atomic E-state index is 0.0612. The number of carboxylic acid groups (broad SMARTS) is 1. The number of thioether (sulfide) groups is 1. The first-order chi connectivity index (χ1) is 10.1. The van der Waals surface area contributed by atoms with Gasteiger partial charge < -0.3 is 9.67 Å². The second-order valence-corrected chi connectivity index (χ2v) is 6.75. The van der Waals surface area contributed by atoms with Gasteiger partial charge in [0.1, 0.15) is 0 Å². The summed E-state index contributed by atoms with van der Waals surface area (Å²) in [5, 5.41) is 9.72. The molecule has 1 heterocycles. The van der Waals surface area contributed by atoms with Gasteiger partial charge in [0.25, 0.3) is 0 Å². The Kier molecular flexibility index (Phi) is 4.19. The summed E-state index contributed by atoms with van der Waals surface area (Å²) in [5.41, 5.74) is 3.30. The summed E-state index contributed by atoms with van der Waals surface area (Å²) in [6, 6.07) is 6.22. The van der Waals surface area contributed by atoms with Gasteiger partial charge in [-0.2, -0.15) is 0 Å². The molecule has 3 rings (SSSR count). The van der Waals surface area contributed by atoms with Gasteiger partial charge in [0, 0.05) is 6.54 Å². The van der Waals surface area contributed by atoms with E-state index < -0.39 is 5.97 Å². The third-order valence-electron chi connectivity index (χ3n) is 4.18. The molecule has 0 amide bonds. The number of carboxylic acids is 1. The van der Waals surface area contributed by atoms with Gasteiger partial charge in [0.05, 0.1) is 16.8 Å². The van der Waals surface area contributed by atoms with Crippen LogP contribution in [0, 0.1) is 12.8 Å². The number of rotatable bonds is 6. The summed E-state index contributed by atoms with van der Waals surface area (Å²) >= 11 is 1.32. The van der Waals surface area contributed by atoms with Crippen LogP contribution in [0.15, 0.2) is 23.4 Å². The Morgan fingerprint density at radius 2 is 2.29 bits per heavy atom. The molecule has 0 spiro atoms. The number of aromatic nitrogens is 2. The number of hydrogen-bond acceptors (Lipinski definition) is 3. The summed E-state index contributed by atoms with van der Waals surface area (Å²) in [6.45, 7) is 3.01. The van der Waals surface area contributed by atoms with Crippen LogP contribution in [-0.4, -0.2) is 26.4 Å². The molecule has 0 bridgehead atoms. The number of imidazole rings is 1. The quantitative estimate of drug-likeness (QED) is 0.827. The molecule has 21 heavy (non-hydrogen) atoms. The molecule has 1 aliphatic rings. The highest BCUT2D eigenvalue weighted by Crippen LogP contribution is 2.32. The molecule has 1 aromatic carbocycles. The minimum atomic E-state index is -0.797. The summed E-state index contributed by atoms with van der Waals surface area (Å²) in [7, 11) is 0. The van der Waals surface area contributed by atoms with Gasteiger partial charge in [-0.3, -0.25) is 4.79 Å². The van der Waals surface area contributed by atoms with E-state index in [1.807, 2.05) is 6.07 Å². The Hall–Kier alpha value is -1.49. The predicted molar refractivity (Wildman–Crippen MR) is 84.8 cm³/mol. The summed E-state index contributed by atoms with van der Waals surface area (Å²) in [6.07, 6.45) is 5.20. The lowest BCUT2D eigenvalue weighted by Gasteiger charge is -2.25. The van der Waals surface area contributed by atoms with Crippen molar-refractivity contribution in [3.05, 3.63) is 23.8 Å². The largest absolute Gasteiger partial charge is 0.481 e. The van der Waals surface area contributed by atoms with E-state index in [0.29, 0.717) is 0 Å². The molecule has 0 aliphatic heterocycles. The van der Waals surface area contributed by atoms with Crippen LogP contribution in [0.3, 0.4) is 0 Å². The van der Waals surface area contributed by atoms with Gasteiger partial charge in [-0.25, -0.2) is 4.98 Å². The van der Waals surface area contributed by atoms with Crippen molar-refractivity contribution in [2.75, 3.05) is 5.75 Å². The maximum absolute atomic E-state index is 10.8. The molecule has 1 N–H and O–H groups in total. The predicted octanol–water partition coefficient (Wildman–Crippen LogP) is 3.71. The number of hydrogen-bond donors (Lipinski definition) is 1. The first-order valence-corrected chi connectivity index (χ1v) is 8.43. The maximum Gasteiger partial charge on any atom is 0.313 e. The van der Waals surface area contributed by atoms with Gasteiger partial charge in [-0.05, 0) is 37.0 Å². The van der Waals surface area contributed by atoms with E-state index in [2.05, 4.69) is 28.6 Å². The van der Waals surface area contributed by atoms with Crippen LogP contribution in [-0.2, 0) is 11.3 Å². The Morgan fingerprint density at radius 3 is 2.95 bits per heavy atom. The lowest BCUT2D eigenvalue weighted by molar-refractivity contribution is -0.133. The SMILES string of the molecule is Cc1ccc2nc(SCC(=O)O)n(CCC3CCC3)c2c1. The topological polar surface area (TPSA) is 55.1 Å². The second kappa shape index (κ2) is 6.10. The van der Waals surface area contributed by atoms with Crippen molar-refractivity contribution in [2.24, 2.45) is 5.92 Å². The van der Waals surface area contributed by atoms with Crippen LogP contribution in [0.1, 0.15) is 31.2 Å². The van der Waals surface area contributed by atoms with E-state index in [1.165, 1.54) is 43.0 Å². The zero-order chi connectivity index (χ0) is 14.8. The number of nitrogens with zero attached hydrogens (tertiary/aromatic N) is 2. The van der Waals surface area contributed by atoms with Crippen molar-refractivity contribution in [1.29, 1.82) is 0 Å². The van der Waals surface area contributed by atoms with Crippen molar-refractivity contribution < 1.29 is 9.90 Å². The molecular formula is C16H20N2O2S. The van der Waals surface area contributed by atoms with Crippen molar-refractivity contribution >= 4 is 28.8 Å². The fraction of sp³-hybridized carbons (Fsp3) is 0.500. The molecule has 0 atom stereocenters. The third kappa shape index (κ3) is 3.23. The zero-order valence-corrected chi connectivity index (χ0v) is 13.0. The van der Waals surface area contributed by atoms with Gasteiger partial charge in [0.2, 0.25) is 0 Å². The number of aliphatic carboxylic acids is 1. The highest BCUT2D eigenvalue weighted by molar-refractivity contribution is 7.99. The second-order valence-electron chi connectivity index (χ2n) is 5.81. The van der Waals surface area contributed by atoms with Crippen molar-refractivity contribution in [3.63, 3.8) is 0 Å². The molecule has 0 unspecified atom stereocenters. The monoisotopic (exact) mass is 304 g/mol. The fourth-order valence-electron chi connectivity index (χ4n) is 2.76. The van der Waals surface area contributed by atoms with E-state index in [0.717, 1.165) is 28.7 Å². The van der Waals surface area contributed by atoms with Crippen LogP contribution in [0.4, 0.5) is 0 Å². The average Bonchev–Trinajstić information content (AvgIpc) is 2.72. The molecular weight excluding hydrogens is 284 g/mol. The smallest absolute Gasteiger partial charge is 0.313 e. The molecule has 0 saturated heterocycles. The first-order valence-electron chi connectivity index (χ1n) is 7.45. The average molecular weight is 304 g/mol. The summed E-state index contributed by atoms with van der Waals surface area (Å²) in [5.74, 6) is 0.101. The van der Waals surface area contributed by atoms with Crippen molar-refractivity contribution in [1.82, 2.24) is 9.55 Å². The molecule has 5 heteroatoms. The van der Waals surface area contributed by atoms with Gasteiger partial charge in [-0.1, -0.05) is 37.1 Å². The minimum Gasteiger partial charge on any atom is -0.481 e. The number of carbonyl (C=O) groups is 1. The molecule has 4 nitrogen and oxygen atoms in total. The van der Waals surface area contributed by atoms with E-state index in [-0.39, 0.29) is 5.75 Å². The molecule has 0 radical (unpaired) electrons. The van der Waals surface area contributed by atoms with Gasteiger partial charge in [0.15, 0.2) is 5.16 Å². The summed E-state index contributed by atoms with van der Waals surface area (Å²) in [4.78, 5) is 15.4. The lowest BCUT2D eigenvalue weighted by atomic mass is 9.83. The van der Waals surface area contributed by atoms with Gasteiger partial charge >= 0.3 is 5.97 Å². The molecule has 1 aromatic heterocycles. The molecule has 2 aromatic rings. The Morgan fingerprint density at radius 1 is 1.48 bits per heavy atom. The highest BCUT2D eigenvalue weighted by Gasteiger charge is 2.19.